The fourth-order valence-electron chi connectivity index (χ4n) is 4.07. The number of anilines is 2. The normalized spacial score (nSPS) is 14.4. The van der Waals surface area contributed by atoms with E-state index in [-0.39, 0.29) is 33.9 Å². The molecule has 0 radical (unpaired) electrons. The topological polar surface area (TPSA) is 111 Å². The summed E-state index contributed by atoms with van der Waals surface area (Å²) in [7, 11) is 1.48. The second-order valence-corrected chi connectivity index (χ2v) is 9.66. The Bertz CT molecular complexity index is 1690. The minimum Gasteiger partial charge on any atom is -0.494 e. The predicted molar refractivity (Wildman–Crippen MR) is 148 cm³/mol. The number of amidine groups is 1. The Labute approximate surface area is 240 Å². The quantitative estimate of drug-likeness (QED) is 0.272. The average Bonchev–Trinajstić information content (AvgIpc) is 3.56. The van der Waals surface area contributed by atoms with Crippen molar-refractivity contribution in [2.45, 2.75) is 13.3 Å². The molecule has 0 spiro atoms. The number of methoxy groups -OCH3 is 1. The number of carbonyl (C=O) groups is 2. The van der Waals surface area contributed by atoms with Crippen molar-refractivity contribution in [1.82, 2.24) is 14.8 Å². The van der Waals surface area contributed by atoms with Gasteiger partial charge in [-0.2, -0.15) is 4.99 Å². The van der Waals surface area contributed by atoms with Crippen LogP contribution in [0.25, 0.3) is 17.1 Å². The maximum atomic E-state index is 14.9. The van der Waals surface area contributed by atoms with Crippen LogP contribution in [0.15, 0.2) is 72.0 Å². The number of amides is 3. The summed E-state index contributed by atoms with van der Waals surface area (Å²) in [6.07, 6.45) is -3.50. The number of hydrogen-bond donors (Lipinski definition) is 1. The third-order valence-corrected chi connectivity index (χ3v) is 6.82. The number of thioether (sulfide) groups is 1. The van der Waals surface area contributed by atoms with Crippen molar-refractivity contribution in [2.75, 3.05) is 23.1 Å². The predicted octanol–water partition coefficient (Wildman–Crippen LogP) is 5.96. The molecule has 0 aliphatic carbocycles. The molecule has 1 aliphatic heterocycles. The number of aliphatic imine (C=N–C) groups is 1. The summed E-state index contributed by atoms with van der Waals surface area (Å²) >= 11 is 1.07. The van der Waals surface area contributed by atoms with Gasteiger partial charge >= 0.3 is 12.4 Å². The first-order chi connectivity index (χ1) is 20.0. The van der Waals surface area contributed by atoms with Gasteiger partial charge in [0.2, 0.25) is 5.91 Å². The lowest BCUT2D eigenvalue weighted by molar-refractivity contribution is -0.274. The van der Waals surface area contributed by atoms with Crippen LogP contribution in [0.2, 0.25) is 0 Å². The molecule has 3 amide bonds. The Morgan fingerprint density at radius 1 is 1.12 bits per heavy atom. The SMILES string of the molecule is COc1c(C)cccc1N1C(=O)CSC1=NC(=O)Nc1ccc(-c2ncn(-c3ccc(OC(F)(F)F)cc3)n2)cc1F. The molecule has 1 saturated heterocycles. The van der Waals surface area contributed by atoms with Gasteiger partial charge in [0.15, 0.2) is 11.0 Å². The molecular formula is C27H20F4N6O4S. The van der Waals surface area contributed by atoms with Gasteiger partial charge in [-0.3, -0.25) is 9.69 Å². The molecule has 1 N–H and O–H groups in total. The maximum absolute atomic E-state index is 14.9. The third-order valence-electron chi connectivity index (χ3n) is 5.89. The van der Waals surface area contributed by atoms with Crippen LogP contribution in [-0.2, 0) is 4.79 Å². The highest BCUT2D eigenvalue weighted by molar-refractivity contribution is 8.15. The number of nitrogens with zero attached hydrogens (tertiary/aromatic N) is 5. The summed E-state index contributed by atoms with van der Waals surface area (Å²) in [6.45, 7) is 1.82. The van der Waals surface area contributed by atoms with Crippen LogP contribution in [0, 0.1) is 12.7 Å². The third kappa shape index (κ3) is 6.20. The molecule has 5 rings (SSSR count). The highest BCUT2D eigenvalue weighted by Crippen LogP contribution is 2.36. The zero-order valence-corrected chi connectivity index (χ0v) is 22.7. The fraction of sp³-hybridized carbons (Fsp3) is 0.148. The number of hydrogen-bond acceptors (Lipinski definition) is 7. The number of aromatic nitrogens is 3. The Kier molecular flexibility index (Phi) is 7.85. The van der Waals surface area contributed by atoms with Crippen molar-refractivity contribution in [3.63, 3.8) is 0 Å². The fourth-order valence-corrected chi connectivity index (χ4v) is 4.92. The molecular weight excluding hydrogens is 580 g/mol. The van der Waals surface area contributed by atoms with Gasteiger partial charge in [-0.1, -0.05) is 23.9 Å². The number of rotatable bonds is 6. The van der Waals surface area contributed by atoms with Crippen LogP contribution in [0.3, 0.4) is 0 Å². The molecule has 10 nitrogen and oxygen atoms in total. The summed E-state index contributed by atoms with van der Waals surface area (Å²) in [6, 6.07) is 13.2. The molecule has 0 bridgehead atoms. The largest absolute Gasteiger partial charge is 0.573 e. The summed E-state index contributed by atoms with van der Waals surface area (Å²) in [5.74, 6) is -0.811. The lowest BCUT2D eigenvalue weighted by atomic mass is 10.2. The number of carbonyl (C=O) groups excluding carboxylic acids is 2. The van der Waals surface area contributed by atoms with Gasteiger partial charge in [-0.15, -0.1) is 18.3 Å². The molecule has 216 valence electrons. The number of halogens is 4. The van der Waals surface area contributed by atoms with Gasteiger partial charge < -0.3 is 14.8 Å². The van der Waals surface area contributed by atoms with E-state index < -0.39 is 24.0 Å². The summed E-state index contributed by atoms with van der Waals surface area (Å²) < 4.78 is 62.7. The molecule has 2 heterocycles. The molecule has 0 atom stereocenters. The number of nitrogens with one attached hydrogen (secondary N) is 1. The van der Waals surface area contributed by atoms with E-state index in [2.05, 4.69) is 25.1 Å². The minimum absolute atomic E-state index is 0.0669. The van der Waals surface area contributed by atoms with Gasteiger partial charge in [-0.05, 0) is 61.0 Å². The van der Waals surface area contributed by atoms with Crippen molar-refractivity contribution in [3.8, 4) is 28.6 Å². The van der Waals surface area contributed by atoms with Crippen LogP contribution in [-0.4, -0.2) is 51.1 Å². The second-order valence-electron chi connectivity index (χ2n) is 8.72. The Hall–Kier alpha value is -4.92. The van der Waals surface area contributed by atoms with E-state index in [0.29, 0.717) is 17.1 Å². The smallest absolute Gasteiger partial charge is 0.494 e. The van der Waals surface area contributed by atoms with Gasteiger partial charge in [0.25, 0.3) is 0 Å². The summed E-state index contributed by atoms with van der Waals surface area (Å²) in [4.78, 5) is 34.7. The number of alkyl halides is 3. The van der Waals surface area contributed by atoms with E-state index in [1.165, 1.54) is 47.3 Å². The van der Waals surface area contributed by atoms with E-state index in [1.807, 2.05) is 13.0 Å². The van der Waals surface area contributed by atoms with Gasteiger partial charge in [0.1, 0.15) is 23.6 Å². The number of benzene rings is 3. The van der Waals surface area contributed by atoms with E-state index in [0.717, 1.165) is 35.5 Å². The molecule has 0 unspecified atom stereocenters. The summed E-state index contributed by atoms with van der Waals surface area (Å²) in [5.41, 5.74) is 1.74. The van der Waals surface area contributed by atoms with Crippen LogP contribution >= 0.6 is 11.8 Å². The Morgan fingerprint density at radius 2 is 1.88 bits per heavy atom. The monoisotopic (exact) mass is 600 g/mol. The standard InChI is InChI=1S/C27H20F4N6O4S/c1-15-4-3-5-21(23(15)40-2)37-22(38)13-42-26(37)34-25(39)33-20-11-6-16(12-19(20)28)24-32-14-36(35-24)17-7-9-18(10-8-17)41-27(29,30)31/h3-12,14H,13H2,1-2H3,(H,33,39). The van der Waals surface area contributed by atoms with Gasteiger partial charge in [0, 0.05) is 5.56 Å². The minimum atomic E-state index is -4.81. The lowest BCUT2D eigenvalue weighted by Gasteiger charge is -2.20. The highest BCUT2D eigenvalue weighted by atomic mass is 32.2. The Morgan fingerprint density at radius 3 is 2.57 bits per heavy atom. The van der Waals surface area contributed by atoms with Crippen molar-refractivity contribution < 1.29 is 36.6 Å². The molecule has 42 heavy (non-hydrogen) atoms. The maximum Gasteiger partial charge on any atom is 0.573 e. The second kappa shape index (κ2) is 11.5. The van der Waals surface area contributed by atoms with E-state index in [1.54, 1.807) is 12.1 Å². The van der Waals surface area contributed by atoms with Crippen LogP contribution in [0.1, 0.15) is 5.56 Å². The molecule has 1 aromatic heterocycles. The van der Waals surface area contributed by atoms with Crippen LogP contribution in [0.4, 0.5) is 33.7 Å². The van der Waals surface area contributed by atoms with Gasteiger partial charge in [0.05, 0.1) is 29.9 Å². The number of para-hydroxylation sites is 1. The van der Waals surface area contributed by atoms with Crippen molar-refractivity contribution >= 4 is 40.2 Å². The average molecular weight is 601 g/mol. The lowest BCUT2D eigenvalue weighted by Crippen LogP contribution is -2.30. The number of aryl methyl sites for hydroxylation is 1. The molecule has 3 aromatic carbocycles. The molecule has 1 aliphatic rings. The van der Waals surface area contributed by atoms with E-state index >= 15 is 0 Å². The first-order valence-electron chi connectivity index (χ1n) is 12.1. The van der Waals surface area contributed by atoms with Crippen LogP contribution < -0.4 is 19.7 Å². The first kappa shape index (κ1) is 28.6. The summed E-state index contributed by atoms with van der Waals surface area (Å²) in [5, 5.41) is 6.73. The number of urea groups is 1. The zero-order valence-electron chi connectivity index (χ0n) is 21.8. The highest BCUT2D eigenvalue weighted by Gasteiger charge is 2.33. The van der Waals surface area contributed by atoms with Crippen LogP contribution in [0.5, 0.6) is 11.5 Å². The van der Waals surface area contributed by atoms with E-state index in [4.69, 9.17) is 4.74 Å². The molecule has 4 aromatic rings. The van der Waals surface area contributed by atoms with Crippen molar-refractivity contribution in [1.29, 1.82) is 0 Å². The zero-order chi connectivity index (χ0) is 30.0. The molecule has 15 heteroatoms. The van der Waals surface area contributed by atoms with E-state index in [9.17, 15) is 27.2 Å². The van der Waals surface area contributed by atoms with Gasteiger partial charge in [-0.25, -0.2) is 18.9 Å². The molecule has 0 saturated carbocycles. The number of ether oxygens (including phenoxy) is 2. The molecule has 1 fully saturated rings. The van der Waals surface area contributed by atoms with Crippen molar-refractivity contribution in [2.24, 2.45) is 4.99 Å². The van der Waals surface area contributed by atoms with Crippen molar-refractivity contribution in [3.05, 3.63) is 78.4 Å². The Balaban J connectivity index is 1.30. The first-order valence-corrected chi connectivity index (χ1v) is 13.1.